The van der Waals surface area contributed by atoms with Crippen LogP contribution in [0.5, 0.6) is 0 Å². The lowest BCUT2D eigenvalue weighted by molar-refractivity contribution is -0.0496. The third kappa shape index (κ3) is 3.17. The average molecular weight is 230 g/mol. The number of rotatable bonds is 5. The second kappa shape index (κ2) is 6.55. The fourth-order valence-corrected chi connectivity index (χ4v) is 2.35. The molecule has 16 heavy (non-hydrogen) atoms. The fraction of sp³-hybridized carbons (Fsp3) is 1.00. The number of aliphatic hydroxyl groups is 1. The molecule has 0 aromatic carbocycles. The van der Waals surface area contributed by atoms with E-state index in [0.717, 1.165) is 26.2 Å². The Morgan fingerprint density at radius 3 is 2.69 bits per heavy atom. The van der Waals surface area contributed by atoms with Gasteiger partial charge in [0.05, 0.1) is 19.8 Å². The number of hydrogen-bond donors (Lipinski definition) is 2. The third-order valence-electron chi connectivity index (χ3n) is 3.57. The van der Waals surface area contributed by atoms with Crippen molar-refractivity contribution in [3.05, 3.63) is 0 Å². The first-order valence-electron chi connectivity index (χ1n) is 6.31. The average Bonchev–Trinajstić information content (AvgIpc) is 2.30. The van der Waals surface area contributed by atoms with E-state index < -0.39 is 0 Å². The van der Waals surface area contributed by atoms with Crippen molar-refractivity contribution in [3.8, 4) is 0 Å². The van der Waals surface area contributed by atoms with Gasteiger partial charge in [0.25, 0.3) is 0 Å². The van der Waals surface area contributed by atoms with Crippen molar-refractivity contribution in [3.63, 3.8) is 0 Å². The summed E-state index contributed by atoms with van der Waals surface area (Å²) in [5.41, 5.74) is 6.18. The van der Waals surface area contributed by atoms with Crippen LogP contribution in [0.3, 0.4) is 0 Å². The third-order valence-corrected chi connectivity index (χ3v) is 3.57. The number of hydrogen-bond acceptors (Lipinski definition) is 4. The maximum Gasteiger partial charge on any atom is 0.0622 e. The first kappa shape index (κ1) is 13.9. The highest BCUT2D eigenvalue weighted by Crippen LogP contribution is 2.18. The minimum absolute atomic E-state index is 0.0251. The van der Waals surface area contributed by atoms with Crippen LogP contribution in [0, 0.1) is 5.92 Å². The first-order valence-corrected chi connectivity index (χ1v) is 6.31. The van der Waals surface area contributed by atoms with Gasteiger partial charge >= 0.3 is 0 Å². The van der Waals surface area contributed by atoms with Gasteiger partial charge in [0.2, 0.25) is 0 Å². The van der Waals surface area contributed by atoms with E-state index in [-0.39, 0.29) is 18.7 Å². The molecule has 3 N–H and O–H groups in total. The van der Waals surface area contributed by atoms with Gasteiger partial charge in [-0.2, -0.15) is 0 Å². The lowest BCUT2D eigenvalue weighted by Gasteiger charge is -2.43. The van der Waals surface area contributed by atoms with Crippen LogP contribution in [-0.4, -0.2) is 54.5 Å². The molecule has 96 valence electrons. The molecule has 1 heterocycles. The highest BCUT2D eigenvalue weighted by Gasteiger charge is 2.32. The summed E-state index contributed by atoms with van der Waals surface area (Å²) in [6, 6.07) is 0.488. The summed E-state index contributed by atoms with van der Waals surface area (Å²) >= 11 is 0. The Morgan fingerprint density at radius 2 is 2.19 bits per heavy atom. The van der Waals surface area contributed by atoms with Crippen molar-refractivity contribution in [1.29, 1.82) is 0 Å². The van der Waals surface area contributed by atoms with E-state index in [1.807, 2.05) is 0 Å². The summed E-state index contributed by atoms with van der Waals surface area (Å²) in [5, 5.41) is 9.55. The number of morpholine rings is 1. The summed E-state index contributed by atoms with van der Waals surface area (Å²) in [4.78, 5) is 2.33. The molecule has 1 rings (SSSR count). The van der Waals surface area contributed by atoms with Crippen LogP contribution in [0.4, 0.5) is 0 Å². The van der Waals surface area contributed by atoms with Crippen molar-refractivity contribution < 1.29 is 9.84 Å². The van der Waals surface area contributed by atoms with Crippen LogP contribution in [0.25, 0.3) is 0 Å². The van der Waals surface area contributed by atoms with E-state index >= 15 is 0 Å². The minimum Gasteiger partial charge on any atom is -0.395 e. The van der Waals surface area contributed by atoms with Gasteiger partial charge in [-0.15, -0.1) is 0 Å². The summed E-state index contributed by atoms with van der Waals surface area (Å²) in [6.07, 6.45) is 1.04. The van der Waals surface area contributed by atoms with E-state index in [9.17, 15) is 5.11 Å². The largest absolute Gasteiger partial charge is 0.395 e. The molecule has 1 saturated heterocycles. The molecule has 0 radical (unpaired) electrons. The number of ether oxygens (including phenoxy) is 1. The molecule has 1 aliphatic heterocycles. The molecule has 3 atom stereocenters. The van der Waals surface area contributed by atoms with E-state index in [1.165, 1.54) is 0 Å². The lowest BCUT2D eigenvalue weighted by atomic mass is 9.94. The first-order chi connectivity index (χ1) is 7.61. The summed E-state index contributed by atoms with van der Waals surface area (Å²) in [7, 11) is 0. The molecular weight excluding hydrogens is 204 g/mol. The van der Waals surface area contributed by atoms with Gasteiger partial charge in [-0.3, -0.25) is 4.90 Å². The Kier molecular flexibility index (Phi) is 5.69. The molecule has 4 nitrogen and oxygen atoms in total. The molecule has 0 amide bonds. The van der Waals surface area contributed by atoms with Gasteiger partial charge in [0.1, 0.15) is 0 Å². The van der Waals surface area contributed by atoms with Gasteiger partial charge in [0, 0.05) is 24.7 Å². The maximum atomic E-state index is 9.55. The van der Waals surface area contributed by atoms with Crippen molar-refractivity contribution in [1.82, 2.24) is 4.90 Å². The molecule has 1 aliphatic rings. The van der Waals surface area contributed by atoms with Crippen molar-refractivity contribution in [2.24, 2.45) is 11.7 Å². The van der Waals surface area contributed by atoms with Crippen LogP contribution < -0.4 is 5.73 Å². The predicted molar refractivity (Wildman–Crippen MR) is 65.3 cm³/mol. The smallest absolute Gasteiger partial charge is 0.0622 e. The Balaban J connectivity index is 2.68. The molecule has 0 aromatic heterocycles. The Labute approximate surface area is 98.8 Å². The van der Waals surface area contributed by atoms with Gasteiger partial charge in [-0.25, -0.2) is 0 Å². The van der Waals surface area contributed by atoms with Gasteiger partial charge < -0.3 is 15.6 Å². The molecular formula is C12H26N2O2. The number of aliphatic hydroxyl groups excluding tert-OH is 1. The quantitative estimate of drug-likeness (QED) is 0.719. The molecule has 0 bridgehead atoms. The molecule has 4 heteroatoms. The van der Waals surface area contributed by atoms with E-state index in [0.29, 0.717) is 12.0 Å². The highest BCUT2D eigenvalue weighted by atomic mass is 16.5. The van der Waals surface area contributed by atoms with E-state index in [4.69, 9.17) is 10.5 Å². The van der Waals surface area contributed by atoms with Crippen molar-refractivity contribution >= 4 is 0 Å². The minimum atomic E-state index is 0.0251. The van der Waals surface area contributed by atoms with E-state index in [2.05, 4.69) is 25.7 Å². The molecule has 0 saturated carbocycles. The lowest BCUT2D eigenvalue weighted by Crippen LogP contribution is -2.59. The van der Waals surface area contributed by atoms with Gasteiger partial charge in [0.15, 0.2) is 0 Å². The highest BCUT2D eigenvalue weighted by molar-refractivity contribution is 4.88. The number of nitrogens with two attached hydrogens (primary N) is 1. The molecule has 0 spiro atoms. The summed E-state index contributed by atoms with van der Waals surface area (Å²) < 4.78 is 5.47. The normalized spacial score (nSPS) is 27.0. The van der Waals surface area contributed by atoms with Crippen LogP contribution in [0.15, 0.2) is 0 Å². The summed E-state index contributed by atoms with van der Waals surface area (Å²) in [6.45, 7) is 8.89. The topological polar surface area (TPSA) is 58.7 Å². The molecule has 0 aliphatic carbocycles. The van der Waals surface area contributed by atoms with Crippen LogP contribution in [0.2, 0.25) is 0 Å². The standard InChI is InChI=1S/C12H26N2O2/c1-4-10-8-16-6-5-14(10)11(7-15)12(13)9(2)3/h9-12,15H,4-8,13H2,1-3H3. The Bertz CT molecular complexity index is 197. The molecule has 0 aromatic rings. The van der Waals surface area contributed by atoms with Gasteiger partial charge in [-0.05, 0) is 12.3 Å². The Hall–Kier alpha value is -0.160. The van der Waals surface area contributed by atoms with E-state index in [1.54, 1.807) is 0 Å². The van der Waals surface area contributed by atoms with Crippen LogP contribution in [-0.2, 0) is 4.74 Å². The van der Waals surface area contributed by atoms with Gasteiger partial charge in [-0.1, -0.05) is 20.8 Å². The van der Waals surface area contributed by atoms with Crippen molar-refractivity contribution in [2.75, 3.05) is 26.4 Å². The van der Waals surface area contributed by atoms with Crippen LogP contribution >= 0.6 is 0 Å². The van der Waals surface area contributed by atoms with Crippen molar-refractivity contribution in [2.45, 2.75) is 45.3 Å². The SMILES string of the molecule is CCC1COCCN1C(CO)C(N)C(C)C. The second-order valence-electron chi connectivity index (χ2n) is 4.95. The fourth-order valence-electron chi connectivity index (χ4n) is 2.35. The monoisotopic (exact) mass is 230 g/mol. The second-order valence-corrected chi connectivity index (χ2v) is 4.95. The summed E-state index contributed by atoms with van der Waals surface area (Å²) in [5.74, 6) is 0.387. The zero-order valence-corrected chi connectivity index (χ0v) is 10.7. The Morgan fingerprint density at radius 1 is 1.50 bits per heavy atom. The maximum absolute atomic E-state index is 9.55. The molecule has 3 unspecified atom stereocenters. The zero-order chi connectivity index (χ0) is 12.1. The number of nitrogens with zero attached hydrogens (tertiary/aromatic N) is 1. The molecule has 1 fully saturated rings. The van der Waals surface area contributed by atoms with Crippen LogP contribution in [0.1, 0.15) is 27.2 Å². The zero-order valence-electron chi connectivity index (χ0n) is 10.7. The predicted octanol–water partition coefficient (Wildman–Crippen LogP) is 0.441.